The van der Waals surface area contributed by atoms with Gasteiger partial charge in [-0.2, -0.15) is 0 Å². The fourth-order valence-electron chi connectivity index (χ4n) is 2.56. The van der Waals surface area contributed by atoms with Crippen LogP contribution in [-0.4, -0.2) is 41.4 Å². The van der Waals surface area contributed by atoms with Crippen molar-refractivity contribution >= 4 is 17.3 Å². The molecular formula is C14H20N4O3. The van der Waals surface area contributed by atoms with Crippen LogP contribution >= 0.6 is 0 Å². The molecule has 1 aliphatic heterocycles. The van der Waals surface area contributed by atoms with E-state index >= 15 is 0 Å². The average Bonchev–Trinajstić information content (AvgIpc) is 2.98. The molecule has 1 saturated heterocycles. The third-order valence-electron chi connectivity index (χ3n) is 3.85. The number of nitrogen functional groups attached to an aromatic ring is 1. The van der Waals surface area contributed by atoms with Gasteiger partial charge in [0.2, 0.25) is 0 Å². The third-order valence-corrected chi connectivity index (χ3v) is 3.85. The Hall–Kier alpha value is -2.15. The zero-order valence-corrected chi connectivity index (χ0v) is 12.0. The van der Waals surface area contributed by atoms with Crippen LogP contribution in [0, 0.1) is 10.1 Å². The molecule has 114 valence electrons. The first kappa shape index (κ1) is 15.2. The van der Waals surface area contributed by atoms with Crippen LogP contribution in [0.5, 0.6) is 0 Å². The molecule has 7 nitrogen and oxygen atoms in total. The van der Waals surface area contributed by atoms with Crippen molar-refractivity contribution in [1.82, 2.24) is 10.2 Å². The summed E-state index contributed by atoms with van der Waals surface area (Å²) in [4.78, 5) is 24.7. The number of amides is 1. The summed E-state index contributed by atoms with van der Waals surface area (Å²) in [5, 5.41) is 13.6. The summed E-state index contributed by atoms with van der Waals surface area (Å²) in [5.74, 6) is -0.373. The predicted octanol–water partition coefficient (Wildman–Crippen LogP) is 1.39. The van der Waals surface area contributed by atoms with Gasteiger partial charge in [0.25, 0.3) is 11.6 Å². The maximum absolute atomic E-state index is 12.1. The van der Waals surface area contributed by atoms with Crippen LogP contribution in [0.4, 0.5) is 11.4 Å². The van der Waals surface area contributed by atoms with E-state index in [4.69, 9.17) is 5.73 Å². The lowest BCUT2D eigenvalue weighted by Gasteiger charge is -2.23. The molecule has 1 unspecified atom stereocenters. The maximum Gasteiger partial charge on any atom is 0.292 e. The molecule has 3 N–H and O–H groups in total. The average molecular weight is 292 g/mol. The van der Waals surface area contributed by atoms with Gasteiger partial charge < -0.3 is 11.1 Å². The van der Waals surface area contributed by atoms with E-state index < -0.39 is 4.92 Å². The number of nitro groups is 1. The lowest BCUT2D eigenvalue weighted by atomic mass is 10.1. The molecule has 7 heteroatoms. The summed E-state index contributed by atoms with van der Waals surface area (Å²) in [6.07, 6.45) is 2.38. The molecule has 1 fully saturated rings. The zero-order chi connectivity index (χ0) is 15.4. The molecule has 1 aromatic rings. The number of carbonyl (C=O) groups excluding carboxylic acids is 1. The smallest absolute Gasteiger partial charge is 0.292 e. The Kier molecular flexibility index (Phi) is 4.74. The Bertz CT molecular complexity index is 541. The van der Waals surface area contributed by atoms with Gasteiger partial charge in [-0.05, 0) is 38.9 Å². The van der Waals surface area contributed by atoms with Gasteiger partial charge >= 0.3 is 0 Å². The van der Waals surface area contributed by atoms with Crippen molar-refractivity contribution in [3.8, 4) is 0 Å². The van der Waals surface area contributed by atoms with Crippen molar-refractivity contribution in [3.05, 3.63) is 33.9 Å². The molecule has 0 aliphatic carbocycles. The van der Waals surface area contributed by atoms with E-state index in [0.717, 1.165) is 13.1 Å². The quantitative estimate of drug-likeness (QED) is 0.485. The highest BCUT2D eigenvalue weighted by atomic mass is 16.6. The minimum absolute atomic E-state index is 0.0891. The molecule has 0 radical (unpaired) electrons. The molecule has 1 amide bonds. The molecule has 1 aromatic carbocycles. The van der Waals surface area contributed by atoms with Crippen molar-refractivity contribution in [2.24, 2.45) is 0 Å². The molecule has 21 heavy (non-hydrogen) atoms. The third kappa shape index (κ3) is 3.49. The Balaban J connectivity index is 2.00. The van der Waals surface area contributed by atoms with E-state index in [1.165, 1.54) is 31.0 Å². The van der Waals surface area contributed by atoms with Gasteiger partial charge in [0.05, 0.1) is 10.5 Å². The van der Waals surface area contributed by atoms with Crippen molar-refractivity contribution in [3.63, 3.8) is 0 Å². The standard InChI is InChI=1S/C14H20N4O3/c1-10(17-7-2-3-8-17)9-16-14(19)11-5-4-6-12(13(11)15)18(20)21/h4-6,10H,2-3,7-9,15H2,1H3,(H,16,19). The van der Waals surface area contributed by atoms with E-state index in [-0.39, 0.29) is 28.9 Å². The second-order valence-electron chi connectivity index (χ2n) is 5.30. The van der Waals surface area contributed by atoms with Crippen LogP contribution in [0.25, 0.3) is 0 Å². The number of para-hydroxylation sites is 1. The second kappa shape index (κ2) is 6.53. The summed E-state index contributed by atoms with van der Waals surface area (Å²) in [5.41, 5.74) is 5.52. The molecular weight excluding hydrogens is 272 g/mol. The van der Waals surface area contributed by atoms with Crippen LogP contribution in [-0.2, 0) is 0 Å². The SMILES string of the molecule is CC(CNC(=O)c1cccc([N+](=O)[O-])c1N)N1CCCC1. The molecule has 2 rings (SSSR count). The minimum Gasteiger partial charge on any atom is -0.393 e. The number of rotatable bonds is 5. The normalized spacial score (nSPS) is 16.6. The van der Waals surface area contributed by atoms with Crippen LogP contribution in [0.1, 0.15) is 30.1 Å². The van der Waals surface area contributed by atoms with Crippen LogP contribution in [0.3, 0.4) is 0 Å². The molecule has 1 heterocycles. The fourth-order valence-corrected chi connectivity index (χ4v) is 2.56. The lowest BCUT2D eigenvalue weighted by Crippen LogP contribution is -2.40. The lowest BCUT2D eigenvalue weighted by molar-refractivity contribution is -0.383. The van der Waals surface area contributed by atoms with Crippen molar-refractivity contribution < 1.29 is 9.72 Å². The first-order valence-electron chi connectivity index (χ1n) is 7.06. The maximum atomic E-state index is 12.1. The van der Waals surface area contributed by atoms with Crippen molar-refractivity contribution in [2.45, 2.75) is 25.8 Å². The number of nitrogens with two attached hydrogens (primary N) is 1. The molecule has 1 aliphatic rings. The first-order valence-corrected chi connectivity index (χ1v) is 7.06. The van der Waals surface area contributed by atoms with Gasteiger partial charge in [0.15, 0.2) is 0 Å². The monoisotopic (exact) mass is 292 g/mol. The number of hydrogen-bond acceptors (Lipinski definition) is 5. The fraction of sp³-hybridized carbons (Fsp3) is 0.500. The first-order chi connectivity index (χ1) is 10.0. The number of nitro benzene ring substituents is 1. The van der Waals surface area contributed by atoms with Crippen molar-refractivity contribution in [2.75, 3.05) is 25.4 Å². The largest absolute Gasteiger partial charge is 0.393 e. The summed E-state index contributed by atoms with van der Waals surface area (Å²) in [7, 11) is 0. The van der Waals surface area contributed by atoms with E-state index in [0.29, 0.717) is 6.54 Å². The highest BCUT2D eigenvalue weighted by molar-refractivity contribution is 6.00. The van der Waals surface area contributed by atoms with E-state index in [9.17, 15) is 14.9 Å². The summed E-state index contributed by atoms with van der Waals surface area (Å²) in [6, 6.07) is 4.50. The Morgan fingerprint density at radius 3 is 2.76 bits per heavy atom. The predicted molar refractivity (Wildman–Crippen MR) is 80.1 cm³/mol. The summed E-state index contributed by atoms with van der Waals surface area (Å²) < 4.78 is 0. The van der Waals surface area contributed by atoms with E-state index in [1.54, 1.807) is 0 Å². The Morgan fingerprint density at radius 2 is 2.14 bits per heavy atom. The van der Waals surface area contributed by atoms with Crippen molar-refractivity contribution in [1.29, 1.82) is 0 Å². The molecule has 0 aromatic heterocycles. The molecule has 0 spiro atoms. The molecule has 0 saturated carbocycles. The van der Waals surface area contributed by atoms with Gasteiger partial charge in [-0.25, -0.2) is 0 Å². The van der Waals surface area contributed by atoms with Crippen LogP contribution in [0.2, 0.25) is 0 Å². The van der Waals surface area contributed by atoms with Gasteiger partial charge in [0.1, 0.15) is 5.69 Å². The van der Waals surface area contributed by atoms with Gasteiger partial charge in [0, 0.05) is 18.7 Å². The zero-order valence-electron chi connectivity index (χ0n) is 12.0. The van der Waals surface area contributed by atoms with Gasteiger partial charge in [-0.1, -0.05) is 6.07 Å². The Morgan fingerprint density at radius 1 is 1.48 bits per heavy atom. The number of anilines is 1. The van der Waals surface area contributed by atoms with Gasteiger partial charge in [-0.15, -0.1) is 0 Å². The highest BCUT2D eigenvalue weighted by Gasteiger charge is 2.21. The summed E-state index contributed by atoms with van der Waals surface area (Å²) in [6.45, 7) is 4.66. The molecule has 0 bridgehead atoms. The Labute approximate surface area is 123 Å². The second-order valence-corrected chi connectivity index (χ2v) is 5.30. The highest BCUT2D eigenvalue weighted by Crippen LogP contribution is 2.24. The summed E-state index contributed by atoms with van der Waals surface area (Å²) >= 11 is 0. The minimum atomic E-state index is -0.584. The number of carbonyl (C=O) groups is 1. The van der Waals surface area contributed by atoms with Gasteiger partial charge in [-0.3, -0.25) is 19.8 Å². The van der Waals surface area contributed by atoms with E-state index in [2.05, 4.69) is 17.1 Å². The topological polar surface area (TPSA) is 101 Å². The van der Waals surface area contributed by atoms with E-state index in [1.807, 2.05) is 0 Å². The number of likely N-dealkylation sites (tertiary alicyclic amines) is 1. The van der Waals surface area contributed by atoms with Crippen LogP contribution < -0.4 is 11.1 Å². The molecule has 1 atom stereocenters. The number of nitrogens with zero attached hydrogens (tertiary/aromatic N) is 2. The number of hydrogen-bond donors (Lipinski definition) is 2. The number of benzene rings is 1. The van der Waals surface area contributed by atoms with Crippen LogP contribution in [0.15, 0.2) is 18.2 Å². The number of nitrogens with one attached hydrogen (secondary N) is 1.